The SMILES string of the molecule is C=Cc1[nH]c2cc3c(=O)c4ccccc4n(C(CC)CCCCC)c3cc2c(=O)c1C=C. The highest BCUT2D eigenvalue weighted by Crippen LogP contribution is 2.30. The van der Waals surface area contributed by atoms with Crippen molar-refractivity contribution in [3.63, 3.8) is 0 Å². The molecule has 0 aliphatic heterocycles. The van der Waals surface area contributed by atoms with E-state index in [1.165, 1.54) is 6.42 Å². The van der Waals surface area contributed by atoms with Crippen molar-refractivity contribution >= 4 is 44.9 Å². The fourth-order valence-corrected chi connectivity index (χ4v) is 4.79. The first-order chi connectivity index (χ1) is 15.5. The van der Waals surface area contributed by atoms with Gasteiger partial charge in [0.05, 0.1) is 16.6 Å². The van der Waals surface area contributed by atoms with Gasteiger partial charge in [-0.1, -0.05) is 64.5 Å². The van der Waals surface area contributed by atoms with Crippen LogP contribution in [0.4, 0.5) is 0 Å². The first-order valence-corrected chi connectivity index (χ1v) is 11.5. The van der Waals surface area contributed by atoms with Crippen LogP contribution in [0.25, 0.3) is 44.9 Å². The maximum Gasteiger partial charge on any atom is 0.197 e. The minimum atomic E-state index is -0.100. The summed E-state index contributed by atoms with van der Waals surface area (Å²) < 4.78 is 2.29. The predicted molar refractivity (Wildman–Crippen MR) is 137 cm³/mol. The fraction of sp³-hybridized carbons (Fsp3) is 0.286. The molecule has 0 aliphatic carbocycles. The van der Waals surface area contributed by atoms with E-state index in [1.54, 1.807) is 12.2 Å². The Morgan fingerprint density at radius 1 is 0.938 bits per heavy atom. The lowest BCUT2D eigenvalue weighted by Crippen LogP contribution is -2.17. The lowest BCUT2D eigenvalue weighted by atomic mass is 10.0. The molecule has 0 saturated heterocycles. The number of para-hydroxylation sites is 1. The standard InChI is InChI=1S/C28H30N2O2/c1-5-9-10-13-18(6-2)30-25-15-12-11-14-20(25)28(32)22-16-24-21(17-26(22)30)27(31)19(7-3)23(8-4)29-24/h7-8,11-12,14-18H,3-6,9-10,13H2,1-2H3,(H,29,31). The molecule has 1 atom stereocenters. The van der Waals surface area contributed by atoms with Gasteiger partial charge in [-0.3, -0.25) is 9.59 Å². The van der Waals surface area contributed by atoms with E-state index in [0.29, 0.717) is 32.9 Å². The molecule has 2 aromatic carbocycles. The molecule has 0 aliphatic rings. The third kappa shape index (κ3) is 3.50. The summed E-state index contributed by atoms with van der Waals surface area (Å²) in [5.74, 6) is 0. The fourth-order valence-electron chi connectivity index (χ4n) is 4.79. The molecule has 0 saturated carbocycles. The molecule has 2 heterocycles. The smallest absolute Gasteiger partial charge is 0.197 e. The highest BCUT2D eigenvalue weighted by molar-refractivity contribution is 6.01. The molecular formula is C28H30N2O2. The van der Waals surface area contributed by atoms with Crippen LogP contribution in [0, 0.1) is 0 Å². The largest absolute Gasteiger partial charge is 0.354 e. The zero-order chi connectivity index (χ0) is 22.8. The lowest BCUT2D eigenvalue weighted by Gasteiger charge is -2.24. The van der Waals surface area contributed by atoms with Crippen molar-refractivity contribution in [1.82, 2.24) is 9.55 Å². The molecule has 4 heteroatoms. The van der Waals surface area contributed by atoms with Crippen LogP contribution in [0.2, 0.25) is 0 Å². The quantitative estimate of drug-likeness (QED) is 0.248. The zero-order valence-corrected chi connectivity index (χ0v) is 18.9. The number of fused-ring (bicyclic) bond motifs is 3. The molecule has 0 radical (unpaired) electrons. The number of hydrogen-bond donors (Lipinski definition) is 1. The zero-order valence-electron chi connectivity index (χ0n) is 18.9. The van der Waals surface area contributed by atoms with Crippen LogP contribution in [0.15, 0.2) is 59.1 Å². The summed E-state index contributed by atoms with van der Waals surface area (Å²) in [4.78, 5) is 30.0. The van der Waals surface area contributed by atoms with Crippen LogP contribution < -0.4 is 10.9 Å². The van der Waals surface area contributed by atoms with Crippen LogP contribution >= 0.6 is 0 Å². The molecule has 1 N–H and O–H groups in total. The van der Waals surface area contributed by atoms with Crippen molar-refractivity contribution in [2.75, 3.05) is 0 Å². The molecule has 0 spiro atoms. The van der Waals surface area contributed by atoms with Crippen molar-refractivity contribution in [2.45, 2.75) is 52.0 Å². The van der Waals surface area contributed by atoms with E-state index in [2.05, 4.69) is 36.6 Å². The maximum absolute atomic E-state index is 13.5. The Morgan fingerprint density at radius 3 is 2.41 bits per heavy atom. The van der Waals surface area contributed by atoms with Crippen molar-refractivity contribution in [1.29, 1.82) is 0 Å². The third-order valence-corrected chi connectivity index (χ3v) is 6.48. The summed E-state index contributed by atoms with van der Waals surface area (Å²) in [5.41, 5.74) is 3.39. The van der Waals surface area contributed by atoms with Gasteiger partial charge in [-0.2, -0.15) is 0 Å². The topological polar surface area (TPSA) is 54.9 Å². The number of unbranched alkanes of at least 4 members (excludes halogenated alkanes) is 2. The van der Waals surface area contributed by atoms with E-state index in [0.717, 1.165) is 36.7 Å². The van der Waals surface area contributed by atoms with Gasteiger partial charge in [0, 0.05) is 33.5 Å². The summed E-state index contributed by atoms with van der Waals surface area (Å²) in [6.07, 6.45) is 8.64. The van der Waals surface area contributed by atoms with E-state index < -0.39 is 0 Å². The number of benzene rings is 2. The number of pyridine rings is 2. The Labute approximate surface area is 187 Å². The second-order valence-corrected chi connectivity index (χ2v) is 8.38. The third-order valence-electron chi connectivity index (χ3n) is 6.48. The molecule has 4 rings (SSSR count). The van der Waals surface area contributed by atoms with Crippen LogP contribution in [0.3, 0.4) is 0 Å². The second kappa shape index (κ2) is 8.99. The van der Waals surface area contributed by atoms with Gasteiger partial charge in [0.1, 0.15) is 0 Å². The van der Waals surface area contributed by atoms with Crippen molar-refractivity contribution < 1.29 is 0 Å². The normalized spacial score (nSPS) is 12.4. The Hall–Kier alpha value is -3.40. The van der Waals surface area contributed by atoms with Crippen LogP contribution in [0.5, 0.6) is 0 Å². The van der Waals surface area contributed by atoms with Gasteiger partial charge in [0.15, 0.2) is 10.9 Å². The van der Waals surface area contributed by atoms with Gasteiger partial charge in [-0.05, 0) is 43.2 Å². The van der Waals surface area contributed by atoms with Crippen LogP contribution in [-0.2, 0) is 0 Å². The van der Waals surface area contributed by atoms with Crippen molar-refractivity contribution in [3.05, 3.63) is 81.3 Å². The van der Waals surface area contributed by atoms with Crippen LogP contribution in [-0.4, -0.2) is 9.55 Å². The number of aromatic nitrogens is 2. The lowest BCUT2D eigenvalue weighted by molar-refractivity contribution is 0.450. The molecular weight excluding hydrogens is 396 g/mol. The van der Waals surface area contributed by atoms with Gasteiger partial charge in [0.2, 0.25) is 0 Å². The number of hydrogen-bond acceptors (Lipinski definition) is 2. The van der Waals surface area contributed by atoms with Gasteiger partial charge in [0.25, 0.3) is 0 Å². The molecule has 4 aromatic rings. The molecule has 32 heavy (non-hydrogen) atoms. The minimum absolute atomic E-state index is 0.00837. The monoisotopic (exact) mass is 426 g/mol. The predicted octanol–water partition coefficient (Wildman–Crippen LogP) is 6.81. The van der Waals surface area contributed by atoms with E-state index >= 15 is 0 Å². The first kappa shape index (κ1) is 21.8. The summed E-state index contributed by atoms with van der Waals surface area (Å²) in [7, 11) is 0. The summed E-state index contributed by atoms with van der Waals surface area (Å²) in [6.45, 7) is 12.0. The molecule has 1 unspecified atom stereocenters. The Bertz CT molecular complexity index is 1460. The van der Waals surface area contributed by atoms with E-state index in [1.807, 2.05) is 36.4 Å². The van der Waals surface area contributed by atoms with Gasteiger partial charge < -0.3 is 9.55 Å². The summed E-state index contributed by atoms with van der Waals surface area (Å²) in [6, 6.07) is 11.8. The Balaban J connectivity index is 2.16. The highest BCUT2D eigenvalue weighted by atomic mass is 16.1. The average Bonchev–Trinajstić information content (AvgIpc) is 2.82. The van der Waals surface area contributed by atoms with E-state index in [4.69, 9.17) is 0 Å². The van der Waals surface area contributed by atoms with Gasteiger partial charge in [-0.25, -0.2) is 0 Å². The first-order valence-electron chi connectivity index (χ1n) is 11.5. The Morgan fingerprint density at radius 2 is 1.72 bits per heavy atom. The molecule has 164 valence electrons. The number of rotatable bonds is 8. The summed E-state index contributed by atoms with van der Waals surface area (Å²) >= 11 is 0. The van der Waals surface area contributed by atoms with Crippen LogP contribution in [0.1, 0.15) is 63.3 Å². The van der Waals surface area contributed by atoms with E-state index in [-0.39, 0.29) is 16.9 Å². The molecule has 0 bridgehead atoms. The summed E-state index contributed by atoms with van der Waals surface area (Å²) in [5, 5.41) is 1.90. The number of H-pyrrole nitrogens is 1. The van der Waals surface area contributed by atoms with E-state index in [9.17, 15) is 9.59 Å². The van der Waals surface area contributed by atoms with Gasteiger partial charge >= 0.3 is 0 Å². The molecule has 0 fully saturated rings. The molecule has 4 nitrogen and oxygen atoms in total. The second-order valence-electron chi connectivity index (χ2n) is 8.38. The highest BCUT2D eigenvalue weighted by Gasteiger charge is 2.19. The number of aromatic amines is 1. The van der Waals surface area contributed by atoms with Gasteiger partial charge in [-0.15, -0.1) is 0 Å². The average molecular weight is 427 g/mol. The minimum Gasteiger partial charge on any atom is -0.354 e. The Kier molecular flexibility index (Phi) is 6.13. The number of nitrogens with zero attached hydrogens (tertiary/aromatic N) is 1. The maximum atomic E-state index is 13.5. The molecule has 0 amide bonds. The van der Waals surface area contributed by atoms with Crippen molar-refractivity contribution in [3.8, 4) is 0 Å². The van der Waals surface area contributed by atoms with Crippen molar-refractivity contribution in [2.24, 2.45) is 0 Å². The number of nitrogens with one attached hydrogen (secondary N) is 1. The molecule has 2 aromatic heterocycles.